The van der Waals surface area contributed by atoms with Crippen LogP contribution in [-0.4, -0.2) is 8.62 Å². The number of allylic oxidation sites excluding steroid dienone is 1. The number of hydrogen-bond donors (Lipinski definition) is 0. The van der Waals surface area contributed by atoms with Gasteiger partial charge in [-0.15, -0.1) is 0 Å². The Morgan fingerprint density at radius 1 is 1.88 bits per heavy atom. The van der Waals surface area contributed by atoms with E-state index in [1.165, 1.54) is 19.4 Å². The van der Waals surface area contributed by atoms with Crippen LogP contribution in [0.25, 0.3) is 0 Å². The summed E-state index contributed by atoms with van der Waals surface area (Å²) in [6.07, 6.45) is 1.71. The van der Waals surface area contributed by atoms with Crippen molar-refractivity contribution in [3.05, 3.63) is 10.7 Å². The third-order valence-corrected chi connectivity index (χ3v) is 3.17. The van der Waals surface area contributed by atoms with Crippen molar-refractivity contribution >= 4 is 47.1 Å². The van der Waals surface area contributed by atoms with E-state index in [1.54, 1.807) is 6.20 Å². The van der Waals surface area contributed by atoms with Crippen LogP contribution in [-0.2, 0) is 19.4 Å². The van der Waals surface area contributed by atoms with Crippen LogP contribution in [0.5, 0.6) is 0 Å². The molecule has 0 N–H and O–H groups in total. The molecule has 0 aliphatic heterocycles. The molecule has 4 heteroatoms. The van der Waals surface area contributed by atoms with Gasteiger partial charge in [0, 0.05) is 0 Å². The van der Waals surface area contributed by atoms with Gasteiger partial charge in [0.25, 0.3) is 0 Å². The molecule has 0 rings (SSSR count). The van der Waals surface area contributed by atoms with Gasteiger partial charge in [-0.05, 0) is 0 Å². The monoisotopic (exact) mass is 454 g/mol. The molecule has 8 heavy (non-hydrogen) atoms. The van der Waals surface area contributed by atoms with Crippen molar-refractivity contribution in [1.29, 1.82) is 0 Å². The van der Waals surface area contributed by atoms with Crippen LogP contribution in [0.15, 0.2) is 15.7 Å². The van der Waals surface area contributed by atoms with Crippen molar-refractivity contribution in [2.75, 3.05) is 0 Å². The summed E-state index contributed by atoms with van der Waals surface area (Å²) < 4.78 is 5.62. The standard InChI is InChI=1S/C4H2BrIN.W/c1-4(5)2-7-3-6;/h1-2H;/q-1;/b4-2+;. The fourth-order valence-corrected chi connectivity index (χ4v) is 0.577. The minimum atomic E-state index is 1.01. The first-order valence-corrected chi connectivity index (χ1v) is 5.24. The molecular weight excluding hydrogens is 453 g/mol. The van der Waals surface area contributed by atoms with Crippen LogP contribution in [0.3, 0.4) is 0 Å². The molecule has 0 amide bonds. The minimum absolute atomic E-state index is 1.01. The molecule has 0 aromatic carbocycles. The average Bonchev–Trinajstić information content (AvgIpc) is 1.83. The summed E-state index contributed by atoms with van der Waals surface area (Å²) in [6.45, 7) is 0. The van der Waals surface area contributed by atoms with Crippen LogP contribution in [0.4, 0.5) is 0 Å². The molecule has 1 nitrogen and oxygen atoms in total. The number of nitrogens with zero attached hydrogens (tertiary/aromatic N) is 1. The van der Waals surface area contributed by atoms with E-state index < -0.39 is 0 Å². The third-order valence-electron chi connectivity index (χ3n) is 0.349. The molecule has 0 aliphatic carbocycles. The molecule has 0 unspecified atom stereocenters. The van der Waals surface area contributed by atoms with E-state index in [0.29, 0.717) is 0 Å². The Balaban J connectivity index is 3.74. The Morgan fingerprint density at radius 3 is 2.88 bits per heavy atom. The maximum absolute atomic E-state index is 3.75. The molecule has 0 fully saturated rings. The van der Waals surface area contributed by atoms with E-state index in [4.69, 9.17) is 0 Å². The summed E-state index contributed by atoms with van der Waals surface area (Å²) in [5.41, 5.74) is 0. The van der Waals surface area contributed by atoms with Crippen LogP contribution in [0.2, 0.25) is 0 Å². The topological polar surface area (TPSA) is 12.4 Å². The predicted octanol–water partition coefficient (Wildman–Crippen LogP) is 1.91. The first kappa shape index (κ1) is 9.18. The van der Waals surface area contributed by atoms with Gasteiger partial charge < -0.3 is 0 Å². The Morgan fingerprint density at radius 2 is 2.50 bits per heavy atom. The van der Waals surface area contributed by atoms with E-state index in [1.807, 2.05) is 27.0 Å². The first-order chi connectivity index (χ1) is 3.81. The molecule has 0 aromatic heterocycles. The Kier molecular flexibility index (Phi) is 7.23. The molecule has 0 spiro atoms. The van der Waals surface area contributed by atoms with E-state index in [2.05, 4.69) is 25.1 Å². The van der Waals surface area contributed by atoms with Crippen molar-refractivity contribution in [1.82, 2.24) is 0 Å². The van der Waals surface area contributed by atoms with Crippen molar-refractivity contribution in [2.24, 2.45) is 4.99 Å². The predicted molar refractivity (Wildman–Crippen MR) is 44.5 cm³/mol. The van der Waals surface area contributed by atoms with E-state index in [0.717, 1.165) is 4.48 Å². The van der Waals surface area contributed by atoms with Crippen LogP contribution < -0.4 is 0 Å². The quantitative estimate of drug-likeness (QED) is 0.343. The van der Waals surface area contributed by atoms with Crippen molar-refractivity contribution in [2.45, 2.75) is 0 Å². The van der Waals surface area contributed by atoms with Crippen LogP contribution in [0.1, 0.15) is 0 Å². The van der Waals surface area contributed by atoms with Gasteiger partial charge in [-0.3, -0.25) is 0 Å². The SMILES string of the molecule is Br/C([CH]=[W])=C/N=[C-]I. The Labute approximate surface area is 81.3 Å². The van der Waals surface area contributed by atoms with Gasteiger partial charge >= 0.3 is 82.2 Å². The maximum atomic E-state index is 3.75. The molecule has 0 radical (unpaired) electrons. The Bertz CT molecular complexity index is 132. The normalized spacial score (nSPS) is 12.5. The second-order valence-corrected chi connectivity index (χ2v) is 3.09. The van der Waals surface area contributed by atoms with Crippen molar-refractivity contribution < 1.29 is 19.4 Å². The zero-order chi connectivity index (χ0) is 6.41. The molecule has 0 saturated carbocycles. The average molecular weight is 455 g/mol. The van der Waals surface area contributed by atoms with Gasteiger partial charge in [0.2, 0.25) is 0 Å². The molecule has 0 atom stereocenters. The fraction of sp³-hybridized carbons (Fsp3) is 0. The first-order valence-electron chi connectivity index (χ1n) is 1.67. The molecule has 0 aromatic rings. The van der Waals surface area contributed by atoms with Crippen molar-refractivity contribution in [3.63, 3.8) is 0 Å². The zero-order valence-electron chi connectivity index (χ0n) is 3.77. The molecule has 44 valence electrons. The van der Waals surface area contributed by atoms with E-state index >= 15 is 0 Å². The molecule has 0 heterocycles. The molecule has 0 saturated heterocycles. The van der Waals surface area contributed by atoms with E-state index in [9.17, 15) is 0 Å². The van der Waals surface area contributed by atoms with E-state index in [-0.39, 0.29) is 0 Å². The summed E-state index contributed by atoms with van der Waals surface area (Å²) in [7, 11) is 0. The van der Waals surface area contributed by atoms with Gasteiger partial charge in [0.1, 0.15) is 0 Å². The molecule has 0 aliphatic rings. The summed E-state index contributed by atoms with van der Waals surface area (Å²) in [6, 6.07) is 0. The number of rotatable bonds is 2. The fourth-order valence-electron chi connectivity index (χ4n) is 0.116. The van der Waals surface area contributed by atoms with Gasteiger partial charge in [0.15, 0.2) is 0 Å². The zero-order valence-corrected chi connectivity index (χ0v) is 10.4. The van der Waals surface area contributed by atoms with Gasteiger partial charge in [-0.1, -0.05) is 0 Å². The van der Waals surface area contributed by atoms with Gasteiger partial charge in [-0.25, -0.2) is 0 Å². The second-order valence-electron chi connectivity index (χ2n) is 0.845. The molecular formula is C4H2BrINW-. The summed E-state index contributed by atoms with van der Waals surface area (Å²) in [4.78, 5) is 3.75. The number of hydrogen-bond acceptors (Lipinski definition) is 1. The van der Waals surface area contributed by atoms with Crippen molar-refractivity contribution in [3.8, 4) is 0 Å². The van der Waals surface area contributed by atoms with Gasteiger partial charge in [0.05, 0.1) is 0 Å². The second kappa shape index (κ2) is 6.30. The summed E-state index contributed by atoms with van der Waals surface area (Å²) in [5, 5.41) is 0. The Hall–Kier alpha value is 1.18. The third kappa shape index (κ3) is 5.32. The molecule has 0 bridgehead atoms. The van der Waals surface area contributed by atoms with Crippen LogP contribution in [0, 0.1) is 0 Å². The summed E-state index contributed by atoms with van der Waals surface area (Å²) in [5.74, 6) is 0. The van der Waals surface area contributed by atoms with Crippen LogP contribution >= 0.6 is 38.5 Å². The number of halogens is 2. The summed E-state index contributed by atoms with van der Waals surface area (Å²) >= 11 is 6.62. The van der Waals surface area contributed by atoms with Gasteiger partial charge in [-0.2, -0.15) is 0 Å². The number of aliphatic imine (C=N–C) groups is 1.